The van der Waals surface area contributed by atoms with E-state index in [4.69, 9.17) is 5.26 Å². The number of halogens is 1. The molecule has 0 saturated carbocycles. The van der Waals surface area contributed by atoms with E-state index in [-0.39, 0.29) is 5.56 Å². The third-order valence-electron chi connectivity index (χ3n) is 2.34. The summed E-state index contributed by atoms with van der Waals surface area (Å²) in [7, 11) is 0. The molecule has 1 aromatic heterocycles. The van der Waals surface area contributed by atoms with Gasteiger partial charge in [-0.05, 0) is 33.6 Å². The second-order valence-corrected chi connectivity index (χ2v) is 4.35. The van der Waals surface area contributed by atoms with Crippen LogP contribution in [0, 0.1) is 11.3 Å². The van der Waals surface area contributed by atoms with Gasteiger partial charge >= 0.3 is 0 Å². The molecule has 0 aliphatic heterocycles. The molecule has 0 saturated heterocycles. The van der Waals surface area contributed by atoms with Gasteiger partial charge in [0.2, 0.25) is 0 Å². The lowest BCUT2D eigenvalue weighted by molar-refractivity contribution is 1.05. The van der Waals surface area contributed by atoms with E-state index in [9.17, 15) is 4.79 Å². The first-order valence-electron chi connectivity index (χ1n) is 5.17. The van der Waals surface area contributed by atoms with Crippen molar-refractivity contribution in [3.8, 4) is 6.07 Å². The normalized spacial score (nSPS) is 9.78. The second kappa shape index (κ2) is 5.47. The molecule has 2 N–H and O–H groups in total. The van der Waals surface area contributed by atoms with E-state index >= 15 is 0 Å². The van der Waals surface area contributed by atoms with Gasteiger partial charge in [-0.2, -0.15) is 5.26 Å². The summed E-state index contributed by atoms with van der Waals surface area (Å²) >= 11 is 3.16. The molecule has 2 aromatic rings. The number of aromatic nitrogens is 2. The van der Waals surface area contributed by atoms with E-state index in [1.165, 1.54) is 6.33 Å². The van der Waals surface area contributed by atoms with Gasteiger partial charge < -0.3 is 10.3 Å². The van der Waals surface area contributed by atoms with Crippen molar-refractivity contribution >= 4 is 21.7 Å². The standard InChI is InChI=1S/C12H9BrN4O/c13-10-11(16-7-17-12(10)18)15-6-9-3-1-8(5-14)2-4-9/h1-4,7H,6H2,(H2,15,16,17,18). The second-order valence-electron chi connectivity index (χ2n) is 3.56. The molecule has 6 heteroatoms. The lowest BCUT2D eigenvalue weighted by atomic mass is 10.1. The van der Waals surface area contributed by atoms with Crippen LogP contribution in [0.1, 0.15) is 11.1 Å². The summed E-state index contributed by atoms with van der Waals surface area (Å²) in [6, 6.07) is 9.26. The molecule has 1 aromatic carbocycles. The fraction of sp³-hybridized carbons (Fsp3) is 0.0833. The molecule has 0 fully saturated rings. The fourth-order valence-electron chi connectivity index (χ4n) is 1.39. The Kier molecular flexibility index (Phi) is 3.75. The zero-order valence-corrected chi connectivity index (χ0v) is 10.9. The first kappa shape index (κ1) is 12.3. The Labute approximate surface area is 112 Å². The van der Waals surface area contributed by atoms with Gasteiger partial charge in [0.05, 0.1) is 18.0 Å². The highest BCUT2D eigenvalue weighted by Gasteiger charge is 2.04. The third kappa shape index (κ3) is 2.76. The Morgan fingerprint density at radius 2 is 2.11 bits per heavy atom. The van der Waals surface area contributed by atoms with E-state index in [0.29, 0.717) is 22.4 Å². The van der Waals surface area contributed by atoms with Crippen molar-refractivity contribution in [2.24, 2.45) is 0 Å². The number of hydrogen-bond donors (Lipinski definition) is 2. The van der Waals surface area contributed by atoms with E-state index in [0.717, 1.165) is 5.56 Å². The number of benzene rings is 1. The number of H-pyrrole nitrogens is 1. The van der Waals surface area contributed by atoms with Crippen LogP contribution in [0.5, 0.6) is 0 Å². The van der Waals surface area contributed by atoms with Gasteiger partial charge in [-0.25, -0.2) is 4.98 Å². The molecule has 18 heavy (non-hydrogen) atoms. The first-order chi connectivity index (χ1) is 8.70. The maximum Gasteiger partial charge on any atom is 0.267 e. The van der Waals surface area contributed by atoms with Crippen molar-refractivity contribution < 1.29 is 0 Å². The molecule has 2 rings (SSSR count). The molecular formula is C12H9BrN4O. The summed E-state index contributed by atoms with van der Waals surface area (Å²) < 4.78 is 0.374. The smallest absolute Gasteiger partial charge is 0.267 e. The van der Waals surface area contributed by atoms with Crippen LogP contribution in [-0.4, -0.2) is 9.97 Å². The lowest BCUT2D eigenvalue weighted by Crippen LogP contribution is -2.12. The molecule has 0 radical (unpaired) electrons. The van der Waals surface area contributed by atoms with Crippen molar-refractivity contribution in [1.29, 1.82) is 5.26 Å². The molecule has 90 valence electrons. The number of aromatic amines is 1. The number of hydrogen-bond acceptors (Lipinski definition) is 4. The average molecular weight is 305 g/mol. The summed E-state index contributed by atoms with van der Waals surface area (Å²) in [4.78, 5) is 17.8. The molecule has 0 spiro atoms. The highest BCUT2D eigenvalue weighted by atomic mass is 79.9. The van der Waals surface area contributed by atoms with Gasteiger partial charge in [0, 0.05) is 6.54 Å². The monoisotopic (exact) mass is 304 g/mol. The van der Waals surface area contributed by atoms with E-state index in [1.54, 1.807) is 12.1 Å². The Morgan fingerprint density at radius 3 is 2.78 bits per heavy atom. The van der Waals surface area contributed by atoms with E-state index in [2.05, 4.69) is 37.3 Å². The Morgan fingerprint density at radius 1 is 1.39 bits per heavy atom. The number of nitrogens with one attached hydrogen (secondary N) is 2. The van der Waals surface area contributed by atoms with Gasteiger partial charge in [-0.15, -0.1) is 0 Å². The van der Waals surface area contributed by atoms with Crippen LogP contribution >= 0.6 is 15.9 Å². The Balaban J connectivity index is 2.09. The quantitative estimate of drug-likeness (QED) is 0.909. The van der Waals surface area contributed by atoms with Crippen molar-refractivity contribution in [2.45, 2.75) is 6.54 Å². The van der Waals surface area contributed by atoms with Crippen molar-refractivity contribution in [2.75, 3.05) is 5.32 Å². The molecule has 0 bridgehead atoms. The minimum Gasteiger partial charge on any atom is -0.365 e. The number of anilines is 1. The first-order valence-corrected chi connectivity index (χ1v) is 5.96. The predicted octanol–water partition coefficient (Wildman–Crippen LogP) is 2.02. The minimum atomic E-state index is -0.229. The molecule has 0 aliphatic rings. The maximum absolute atomic E-state index is 11.3. The average Bonchev–Trinajstić information content (AvgIpc) is 2.41. The highest BCUT2D eigenvalue weighted by Crippen LogP contribution is 2.14. The van der Waals surface area contributed by atoms with Crippen LogP contribution in [-0.2, 0) is 6.54 Å². The molecule has 5 nitrogen and oxygen atoms in total. The van der Waals surface area contributed by atoms with Crippen LogP contribution in [0.25, 0.3) is 0 Å². The molecular weight excluding hydrogens is 296 g/mol. The largest absolute Gasteiger partial charge is 0.365 e. The maximum atomic E-state index is 11.3. The van der Waals surface area contributed by atoms with Crippen LogP contribution in [0.4, 0.5) is 5.82 Å². The van der Waals surface area contributed by atoms with Gasteiger partial charge in [0.25, 0.3) is 5.56 Å². The third-order valence-corrected chi connectivity index (χ3v) is 3.08. The highest BCUT2D eigenvalue weighted by molar-refractivity contribution is 9.10. The van der Waals surface area contributed by atoms with Gasteiger partial charge in [0.1, 0.15) is 10.3 Å². The van der Waals surface area contributed by atoms with Crippen molar-refractivity contribution in [1.82, 2.24) is 9.97 Å². The number of nitriles is 1. The van der Waals surface area contributed by atoms with Crippen LogP contribution < -0.4 is 10.9 Å². The summed E-state index contributed by atoms with van der Waals surface area (Å²) in [6.07, 6.45) is 1.34. The molecule has 0 aliphatic carbocycles. The zero-order chi connectivity index (χ0) is 13.0. The van der Waals surface area contributed by atoms with Gasteiger partial charge in [-0.1, -0.05) is 12.1 Å². The summed E-state index contributed by atoms with van der Waals surface area (Å²) in [5, 5.41) is 11.7. The van der Waals surface area contributed by atoms with Crippen LogP contribution in [0.3, 0.4) is 0 Å². The summed E-state index contributed by atoms with van der Waals surface area (Å²) in [5.41, 5.74) is 1.39. The SMILES string of the molecule is N#Cc1ccc(CNc2nc[nH]c(=O)c2Br)cc1. The van der Waals surface area contributed by atoms with Crippen molar-refractivity contribution in [3.05, 3.63) is 56.5 Å². The topological polar surface area (TPSA) is 81.6 Å². The molecule has 0 atom stereocenters. The Hall–Kier alpha value is -2.13. The van der Waals surface area contributed by atoms with E-state index in [1.807, 2.05) is 12.1 Å². The van der Waals surface area contributed by atoms with Crippen molar-refractivity contribution in [3.63, 3.8) is 0 Å². The van der Waals surface area contributed by atoms with E-state index < -0.39 is 0 Å². The molecule has 0 amide bonds. The lowest BCUT2D eigenvalue weighted by Gasteiger charge is -2.06. The van der Waals surface area contributed by atoms with Crippen LogP contribution in [0.15, 0.2) is 39.9 Å². The number of nitrogens with zero attached hydrogens (tertiary/aromatic N) is 2. The zero-order valence-electron chi connectivity index (χ0n) is 9.27. The molecule has 1 heterocycles. The molecule has 0 unspecified atom stereocenters. The summed E-state index contributed by atoms with van der Waals surface area (Å²) in [5.74, 6) is 0.489. The predicted molar refractivity (Wildman–Crippen MR) is 71.0 cm³/mol. The Bertz CT molecular complexity index is 642. The van der Waals surface area contributed by atoms with Gasteiger partial charge in [0.15, 0.2) is 0 Å². The van der Waals surface area contributed by atoms with Gasteiger partial charge in [-0.3, -0.25) is 4.79 Å². The fourth-order valence-corrected chi connectivity index (χ4v) is 1.75. The van der Waals surface area contributed by atoms with Crippen LogP contribution in [0.2, 0.25) is 0 Å². The summed E-state index contributed by atoms with van der Waals surface area (Å²) in [6.45, 7) is 0.529. The minimum absolute atomic E-state index is 0.229. The number of rotatable bonds is 3.